The SMILES string of the molecule is CC(C)C(=O)NC(=S)C(C#N)=P(c1ccccc1)(c1ccccc1)c1ccccc1. The maximum absolute atomic E-state index is 12.4. The minimum absolute atomic E-state index is 0.194. The lowest BCUT2D eigenvalue weighted by Crippen LogP contribution is -2.41. The third-order valence-electron chi connectivity index (χ3n) is 4.85. The molecule has 0 aliphatic rings. The van der Waals surface area contributed by atoms with Gasteiger partial charge in [-0.2, -0.15) is 5.26 Å². The Morgan fingerprint density at radius 1 is 0.833 bits per heavy atom. The van der Waals surface area contributed by atoms with Gasteiger partial charge in [0, 0.05) is 5.92 Å². The Labute approximate surface area is 183 Å². The highest BCUT2D eigenvalue weighted by atomic mass is 32.1. The van der Waals surface area contributed by atoms with E-state index in [0.29, 0.717) is 5.29 Å². The van der Waals surface area contributed by atoms with Crippen LogP contribution in [0, 0.1) is 17.2 Å². The second kappa shape index (κ2) is 9.67. The van der Waals surface area contributed by atoms with Crippen molar-refractivity contribution in [1.82, 2.24) is 5.32 Å². The molecule has 0 aromatic heterocycles. The molecule has 0 saturated heterocycles. The van der Waals surface area contributed by atoms with E-state index < -0.39 is 6.89 Å². The van der Waals surface area contributed by atoms with Crippen LogP contribution in [0.2, 0.25) is 0 Å². The lowest BCUT2D eigenvalue weighted by molar-refractivity contribution is -0.122. The van der Waals surface area contributed by atoms with Crippen molar-refractivity contribution >= 4 is 51.2 Å². The van der Waals surface area contributed by atoms with Crippen molar-refractivity contribution in [2.75, 3.05) is 0 Å². The van der Waals surface area contributed by atoms with Crippen LogP contribution >= 0.6 is 19.1 Å². The summed E-state index contributed by atoms with van der Waals surface area (Å²) in [7, 11) is 0. The topological polar surface area (TPSA) is 52.9 Å². The quantitative estimate of drug-likeness (QED) is 0.495. The molecule has 0 radical (unpaired) electrons. The van der Waals surface area contributed by atoms with Crippen LogP contribution in [0.25, 0.3) is 0 Å². The Balaban J connectivity index is 2.47. The summed E-state index contributed by atoms with van der Waals surface area (Å²) in [6.07, 6.45) is 0. The molecule has 0 heterocycles. The average molecular weight is 431 g/mol. The van der Waals surface area contributed by atoms with Gasteiger partial charge in [-0.15, -0.1) is 0 Å². The van der Waals surface area contributed by atoms with Crippen molar-refractivity contribution in [3.8, 4) is 6.07 Å². The molecule has 30 heavy (non-hydrogen) atoms. The van der Waals surface area contributed by atoms with Crippen LogP contribution in [-0.2, 0) is 4.79 Å². The lowest BCUT2D eigenvalue weighted by Gasteiger charge is -2.30. The van der Waals surface area contributed by atoms with Gasteiger partial charge in [0.1, 0.15) is 11.1 Å². The van der Waals surface area contributed by atoms with Crippen molar-refractivity contribution in [3.63, 3.8) is 0 Å². The van der Waals surface area contributed by atoms with Gasteiger partial charge in [-0.3, -0.25) is 4.79 Å². The van der Waals surface area contributed by atoms with E-state index in [1.54, 1.807) is 13.8 Å². The molecule has 3 aromatic carbocycles. The van der Waals surface area contributed by atoms with Gasteiger partial charge in [0.2, 0.25) is 5.91 Å². The molecular formula is C25H23N2OPS. The van der Waals surface area contributed by atoms with Crippen molar-refractivity contribution in [2.45, 2.75) is 13.8 Å². The molecule has 3 aromatic rings. The monoisotopic (exact) mass is 430 g/mol. The zero-order valence-corrected chi connectivity index (χ0v) is 18.7. The average Bonchev–Trinajstić information content (AvgIpc) is 2.79. The Morgan fingerprint density at radius 2 is 1.20 bits per heavy atom. The molecule has 5 heteroatoms. The standard InChI is InChI=1S/C25H23N2OPS/c1-19(2)24(28)27-25(30)23(18-26)29(20-12-6-3-7-13-20,21-14-8-4-9-15-21)22-16-10-5-11-17-22/h3-17,19H,1-2H3,(H,27,28,30). The minimum Gasteiger partial charge on any atom is -0.316 e. The number of benzene rings is 3. The molecular weight excluding hydrogens is 407 g/mol. The summed E-state index contributed by atoms with van der Waals surface area (Å²) in [6, 6.07) is 32.3. The Bertz CT molecular complexity index is 1030. The van der Waals surface area contributed by atoms with E-state index in [2.05, 4.69) is 11.4 Å². The fourth-order valence-electron chi connectivity index (χ4n) is 3.38. The maximum Gasteiger partial charge on any atom is 0.227 e. The minimum atomic E-state index is -2.61. The van der Waals surface area contributed by atoms with E-state index >= 15 is 0 Å². The third kappa shape index (κ3) is 4.14. The van der Waals surface area contributed by atoms with Gasteiger partial charge in [0.05, 0.1) is 5.29 Å². The molecule has 0 aliphatic heterocycles. The highest BCUT2D eigenvalue weighted by molar-refractivity contribution is 7.99. The zero-order valence-electron chi connectivity index (χ0n) is 16.9. The number of amides is 1. The van der Waals surface area contributed by atoms with Crippen LogP contribution in [0.15, 0.2) is 91.0 Å². The van der Waals surface area contributed by atoms with Crippen LogP contribution in [-0.4, -0.2) is 16.2 Å². The summed E-state index contributed by atoms with van der Waals surface area (Å²) >= 11 is 5.65. The van der Waals surface area contributed by atoms with Gasteiger partial charge >= 0.3 is 0 Å². The number of rotatable bonds is 5. The molecule has 0 fully saturated rings. The summed E-state index contributed by atoms with van der Waals surface area (Å²) in [4.78, 5) is 12.6. The number of thiocarbonyl (C=S) groups is 1. The molecule has 1 amide bonds. The molecule has 0 unspecified atom stereocenters. The van der Waals surface area contributed by atoms with Gasteiger partial charge in [-0.25, -0.2) is 0 Å². The first kappa shape index (κ1) is 21.7. The van der Waals surface area contributed by atoms with Crippen molar-refractivity contribution in [1.29, 1.82) is 5.26 Å². The summed E-state index contributed by atoms with van der Waals surface area (Å²) in [5.74, 6) is -0.430. The van der Waals surface area contributed by atoms with Gasteiger partial charge in [0.15, 0.2) is 0 Å². The van der Waals surface area contributed by atoms with Crippen LogP contribution in [0.4, 0.5) is 0 Å². The second-order valence-electron chi connectivity index (χ2n) is 7.11. The Morgan fingerprint density at radius 3 is 1.50 bits per heavy atom. The molecule has 3 rings (SSSR count). The fourth-order valence-corrected chi connectivity index (χ4v) is 7.98. The molecule has 0 aliphatic carbocycles. The molecule has 0 atom stereocenters. The fraction of sp³-hybridized carbons (Fsp3) is 0.120. The number of nitriles is 1. The van der Waals surface area contributed by atoms with E-state index in [-0.39, 0.29) is 16.8 Å². The van der Waals surface area contributed by atoms with Crippen LogP contribution < -0.4 is 21.2 Å². The first-order chi connectivity index (χ1) is 14.5. The maximum atomic E-state index is 12.4. The smallest absolute Gasteiger partial charge is 0.227 e. The molecule has 150 valence electrons. The van der Waals surface area contributed by atoms with Crippen molar-refractivity contribution < 1.29 is 4.79 Å². The number of nitrogens with one attached hydrogen (secondary N) is 1. The zero-order chi connectivity index (χ0) is 21.6. The highest BCUT2D eigenvalue weighted by Gasteiger charge is 2.32. The summed E-state index contributed by atoms with van der Waals surface area (Å²) < 4.78 is 0. The summed E-state index contributed by atoms with van der Waals surface area (Å²) in [5, 5.41) is 16.6. The largest absolute Gasteiger partial charge is 0.316 e. The number of carbonyl (C=O) groups is 1. The molecule has 3 nitrogen and oxygen atoms in total. The van der Waals surface area contributed by atoms with E-state index in [1.165, 1.54) is 0 Å². The predicted octanol–water partition coefficient (Wildman–Crippen LogP) is 3.78. The third-order valence-corrected chi connectivity index (χ3v) is 9.52. The Hall–Kier alpha value is -2.99. The van der Waals surface area contributed by atoms with Crippen molar-refractivity contribution in [3.05, 3.63) is 91.0 Å². The van der Waals surface area contributed by atoms with Gasteiger partial charge in [-0.1, -0.05) is 117 Å². The first-order valence-corrected chi connectivity index (χ1v) is 11.9. The van der Waals surface area contributed by atoms with E-state index in [4.69, 9.17) is 12.2 Å². The summed E-state index contributed by atoms with van der Waals surface area (Å²) in [5.41, 5.74) is 0. The van der Waals surface area contributed by atoms with Gasteiger partial charge < -0.3 is 5.32 Å². The molecule has 1 N–H and O–H groups in total. The van der Waals surface area contributed by atoms with Gasteiger partial charge in [-0.05, 0) is 22.8 Å². The van der Waals surface area contributed by atoms with Crippen LogP contribution in [0.3, 0.4) is 0 Å². The van der Waals surface area contributed by atoms with Crippen molar-refractivity contribution in [2.24, 2.45) is 5.92 Å². The van der Waals surface area contributed by atoms with Crippen LogP contribution in [0.1, 0.15) is 13.8 Å². The number of carbonyl (C=O) groups excluding carboxylic acids is 1. The van der Waals surface area contributed by atoms with Gasteiger partial charge in [0.25, 0.3) is 0 Å². The Kier molecular flexibility index (Phi) is 7.00. The highest BCUT2D eigenvalue weighted by Crippen LogP contribution is 2.46. The second-order valence-corrected chi connectivity index (χ2v) is 10.9. The normalized spacial score (nSPS) is 10.9. The number of hydrogen-bond acceptors (Lipinski definition) is 3. The molecule has 0 bridgehead atoms. The van der Waals surface area contributed by atoms with E-state index in [0.717, 1.165) is 15.9 Å². The first-order valence-electron chi connectivity index (χ1n) is 9.70. The predicted molar refractivity (Wildman–Crippen MR) is 131 cm³/mol. The summed E-state index contributed by atoms with van der Waals surface area (Å²) in [6.45, 7) is 1.00. The lowest BCUT2D eigenvalue weighted by atomic mass is 10.2. The van der Waals surface area contributed by atoms with Crippen LogP contribution in [0.5, 0.6) is 0 Å². The van der Waals surface area contributed by atoms with E-state index in [1.807, 2.05) is 91.0 Å². The molecule has 0 saturated carbocycles. The number of nitrogens with zero attached hydrogens (tertiary/aromatic N) is 1. The van der Waals surface area contributed by atoms with E-state index in [9.17, 15) is 10.1 Å². The number of hydrogen-bond donors (Lipinski definition) is 1. The molecule has 0 spiro atoms.